The van der Waals surface area contributed by atoms with Gasteiger partial charge in [0.25, 0.3) is 0 Å². The average Bonchev–Trinajstić information content (AvgIpc) is 2.90. The molecule has 5 heteroatoms. The minimum atomic E-state index is -0.760. The highest BCUT2D eigenvalue weighted by atomic mass is 16.4. The van der Waals surface area contributed by atoms with E-state index in [1.807, 2.05) is 12.2 Å². The third-order valence-corrected chi connectivity index (χ3v) is 6.43. The second-order valence-electron chi connectivity index (χ2n) is 7.99. The van der Waals surface area contributed by atoms with Crippen LogP contribution in [0.25, 0.3) is 0 Å². The fourth-order valence-electron chi connectivity index (χ4n) is 4.39. The summed E-state index contributed by atoms with van der Waals surface area (Å²) in [5.41, 5.74) is 0.166. The zero-order valence-electron chi connectivity index (χ0n) is 16.2. The van der Waals surface area contributed by atoms with Crippen molar-refractivity contribution in [3.8, 4) is 0 Å². The third-order valence-electron chi connectivity index (χ3n) is 6.43. The van der Waals surface area contributed by atoms with Crippen molar-refractivity contribution >= 4 is 11.8 Å². The van der Waals surface area contributed by atoms with Crippen LogP contribution in [0.2, 0.25) is 0 Å². The number of carbonyl (C=O) groups excluding carboxylic acids is 1. The van der Waals surface area contributed by atoms with Gasteiger partial charge in [0.05, 0.1) is 12.1 Å². The lowest BCUT2D eigenvalue weighted by Crippen LogP contribution is -2.41. The lowest BCUT2D eigenvalue weighted by Gasteiger charge is -2.45. The summed E-state index contributed by atoms with van der Waals surface area (Å²) in [6, 6.07) is -0.0355. The first-order valence-corrected chi connectivity index (χ1v) is 10.3. The van der Waals surface area contributed by atoms with Gasteiger partial charge in [-0.05, 0) is 63.3 Å². The lowest BCUT2D eigenvalue weighted by molar-refractivity contribution is -0.137. The van der Waals surface area contributed by atoms with Crippen LogP contribution in [0.3, 0.4) is 0 Å². The molecule has 2 N–H and O–H groups in total. The summed E-state index contributed by atoms with van der Waals surface area (Å²) < 4.78 is 0. The van der Waals surface area contributed by atoms with Gasteiger partial charge in [0, 0.05) is 19.4 Å². The molecule has 2 rings (SSSR count). The van der Waals surface area contributed by atoms with E-state index in [9.17, 15) is 14.7 Å². The molecule has 2 atom stereocenters. The predicted molar refractivity (Wildman–Crippen MR) is 102 cm³/mol. The van der Waals surface area contributed by atoms with E-state index in [0.29, 0.717) is 25.0 Å². The number of ketones is 1. The Morgan fingerprint density at radius 2 is 2.12 bits per heavy atom. The molecule has 1 saturated heterocycles. The maximum absolute atomic E-state index is 12.1. The number of carbonyl (C=O) groups is 2. The maximum atomic E-state index is 12.1. The van der Waals surface area contributed by atoms with E-state index in [1.165, 1.54) is 6.42 Å². The van der Waals surface area contributed by atoms with Crippen LogP contribution in [-0.4, -0.2) is 52.1 Å². The van der Waals surface area contributed by atoms with Crippen LogP contribution in [0, 0.1) is 5.41 Å². The predicted octanol–water partition coefficient (Wildman–Crippen LogP) is 3.55. The average molecular weight is 366 g/mol. The molecule has 2 fully saturated rings. The molecule has 1 heterocycles. The highest BCUT2D eigenvalue weighted by molar-refractivity contribution is 5.86. The van der Waals surface area contributed by atoms with Gasteiger partial charge in [-0.2, -0.15) is 0 Å². The minimum absolute atomic E-state index is 0.0355. The Hall–Kier alpha value is -1.20. The fourth-order valence-corrected chi connectivity index (χ4v) is 4.39. The van der Waals surface area contributed by atoms with Crippen LogP contribution < -0.4 is 0 Å². The third kappa shape index (κ3) is 5.65. The molecule has 5 nitrogen and oxygen atoms in total. The summed E-state index contributed by atoms with van der Waals surface area (Å²) >= 11 is 0. The zero-order chi connectivity index (χ0) is 19.0. The number of rotatable bonds is 12. The second kappa shape index (κ2) is 10.2. The lowest BCUT2D eigenvalue weighted by atomic mass is 9.62. The molecule has 0 amide bonds. The van der Waals surface area contributed by atoms with Gasteiger partial charge in [-0.3, -0.25) is 14.5 Å². The molecule has 0 bridgehead atoms. The summed E-state index contributed by atoms with van der Waals surface area (Å²) in [5.74, 6) is -0.450. The van der Waals surface area contributed by atoms with Gasteiger partial charge in [-0.1, -0.05) is 25.5 Å². The van der Waals surface area contributed by atoms with Crippen LogP contribution >= 0.6 is 0 Å². The van der Waals surface area contributed by atoms with Gasteiger partial charge < -0.3 is 10.2 Å². The quantitative estimate of drug-likeness (QED) is 0.408. The van der Waals surface area contributed by atoms with E-state index in [0.717, 1.165) is 51.6 Å². The maximum Gasteiger partial charge on any atom is 0.303 e. The molecule has 1 saturated carbocycles. The van der Waals surface area contributed by atoms with Crippen LogP contribution in [0.15, 0.2) is 12.2 Å². The number of hydrogen-bond donors (Lipinski definition) is 2. The Balaban J connectivity index is 1.69. The first-order chi connectivity index (χ1) is 12.5. The molecule has 0 radical (unpaired) electrons. The number of aliphatic hydroxyl groups excluding tert-OH is 1. The number of likely N-dealkylation sites (tertiary alicyclic amines) is 1. The minimum Gasteiger partial charge on any atom is -0.481 e. The summed E-state index contributed by atoms with van der Waals surface area (Å²) in [6.07, 6.45) is 13.1. The number of carboxylic acid groups (broad SMARTS) is 1. The summed E-state index contributed by atoms with van der Waals surface area (Å²) in [7, 11) is 0. The van der Waals surface area contributed by atoms with E-state index in [-0.39, 0.29) is 24.0 Å². The Bertz CT molecular complexity index is 493. The standard InChI is InChI=1S/C21H35NO4/c1-2-21(13-8-14-21)19(24)10-7-15-22-16-12-18(23)17(22)9-5-3-4-6-11-20(25)26/h3,5,17,19,24H,2,4,6-16H2,1H3,(H,25,26)/t17?,19-/m0/s1. The number of Topliss-reactive ketones (excluding diaryl/α,β-unsaturated/α-hetero) is 1. The summed E-state index contributed by atoms with van der Waals surface area (Å²) in [4.78, 5) is 24.9. The highest BCUT2D eigenvalue weighted by Gasteiger charge is 2.41. The van der Waals surface area contributed by atoms with Gasteiger partial charge in [-0.25, -0.2) is 0 Å². The van der Waals surface area contributed by atoms with Crippen molar-refractivity contribution in [3.63, 3.8) is 0 Å². The second-order valence-corrected chi connectivity index (χ2v) is 7.99. The number of aliphatic hydroxyl groups is 1. The van der Waals surface area contributed by atoms with E-state index in [1.54, 1.807) is 0 Å². The SMILES string of the molecule is CCC1([C@@H](O)CCCN2CCC(=O)C2CC=CCCCC(=O)O)CCC1. The highest BCUT2D eigenvalue weighted by Crippen LogP contribution is 2.47. The van der Waals surface area contributed by atoms with Crippen molar-refractivity contribution in [3.05, 3.63) is 12.2 Å². The molecule has 1 aliphatic carbocycles. The van der Waals surface area contributed by atoms with Crippen molar-refractivity contribution in [2.45, 2.75) is 89.7 Å². The summed E-state index contributed by atoms with van der Waals surface area (Å²) in [5, 5.41) is 19.2. The monoisotopic (exact) mass is 365 g/mol. The van der Waals surface area contributed by atoms with Crippen molar-refractivity contribution in [1.82, 2.24) is 4.90 Å². The van der Waals surface area contributed by atoms with E-state index in [4.69, 9.17) is 5.11 Å². The Morgan fingerprint density at radius 3 is 2.73 bits per heavy atom. The van der Waals surface area contributed by atoms with Crippen LogP contribution in [0.4, 0.5) is 0 Å². The smallest absolute Gasteiger partial charge is 0.303 e. The topological polar surface area (TPSA) is 77.8 Å². The van der Waals surface area contributed by atoms with Crippen molar-refractivity contribution < 1.29 is 19.8 Å². The van der Waals surface area contributed by atoms with Crippen molar-refractivity contribution in [2.75, 3.05) is 13.1 Å². The number of nitrogens with zero attached hydrogens (tertiary/aromatic N) is 1. The van der Waals surface area contributed by atoms with E-state index < -0.39 is 5.97 Å². The van der Waals surface area contributed by atoms with Crippen molar-refractivity contribution in [2.24, 2.45) is 5.41 Å². The van der Waals surface area contributed by atoms with Crippen molar-refractivity contribution in [1.29, 1.82) is 0 Å². The molecule has 0 aromatic rings. The van der Waals surface area contributed by atoms with Crippen LogP contribution in [0.1, 0.15) is 77.6 Å². The molecular weight excluding hydrogens is 330 g/mol. The van der Waals surface area contributed by atoms with Crippen LogP contribution in [0.5, 0.6) is 0 Å². The Morgan fingerprint density at radius 1 is 1.35 bits per heavy atom. The fraction of sp³-hybridized carbons (Fsp3) is 0.810. The molecule has 26 heavy (non-hydrogen) atoms. The van der Waals surface area contributed by atoms with Gasteiger partial charge in [0.15, 0.2) is 5.78 Å². The van der Waals surface area contributed by atoms with Crippen LogP contribution in [-0.2, 0) is 9.59 Å². The molecule has 2 aliphatic rings. The molecule has 1 aliphatic heterocycles. The van der Waals surface area contributed by atoms with Gasteiger partial charge in [0.2, 0.25) is 0 Å². The number of allylic oxidation sites excluding steroid dienone is 1. The first-order valence-electron chi connectivity index (χ1n) is 10.3. The molecule has 0 spiro atoms. The van der Waals surface area contributed by atoms with Gasteiger partial charge >= 0.3 is 5.97 Å². The normalized spacial score (nSPS) is 24.1. The molecular formula is C21H35NO4. The van der Waals surface area contributed by atoms with E-state index >= 15 is 0 Å². The Kier molecular flexibility index (Phi) is 8.29. The molecule has 0 aromatic heterocycles. The largest absolute Gasteiger partial charge is 0.481 e. The Labute approximate surface area is 157 Å². The summed E-state index contributed by atoms with van der Waals surface area (Å²) in [6.45, 7) is 3.88. The zero-order valence-corrected chi connectivity index (χ0v) is 16.2. The van der Waals surface area contributed by atoms with Gasteiger partial charge in [0.1, 0.15) is 0 Å². The number of hydrogen-bond acceptors (Lipinski definition) is 4. The number of carboxylic acids is 1. The first kappa shape index (κ1) is 21.1. The molecule has 0 aromatic carbocycles. The van der Waals surface area contributed by atoms with E-state index in [2.05, 4.69) is 11.8 Å². The number of aliphatic carboxylic acids is 1. The molecule has 1 unspecified atom stereocenters. The number of unbranched alkanes of at least 4 members (excludes halogenated alkanes) is 1. The van der Waals surface area contributed by atoms with Gasteiger partial charge in [-0.15, -0.1) is 0 Å². The molecule has 148 valence electrons.